The third-order valence-corrected chi connectivity index (χ3v) is 6.22. The third kappa shape index (κ3) is 5.42. The van der Waals surface area contributed by atoms with Crippen molar-refractivity contribution < 1.29 is 18.3 Å². The van der Waals surface area contributed by atoms with E-state index in [0.717, 1.165) is 17.6 Å². The summed E-state index contributed by atoms with van der Waals surface area (Å²) >= 11 is 0. The first-order valence-corrected chi connectivity index (χ1v) is 12.2. The molecule has 3 aromatic heterocycles. The van der Waals surface area contributed by atoms with Crippen molar-refractivity contribution in [3.8, 4) is 22.8 Å². The summed E-state index contributed by atoms with van der Waals surface area (Å²) in [6.45, 7) is 3.34. The number of nitrogens with one attached hydrogen (secondary N) is 1. The van der Waals surface area contributed by atoms with Gasteiger partial charge in [0.15, 0.2) is 5.65 Å². The number of rotatable bonds is 7. The predicted molar refractivity (Wildman–Crippen MR) is 136 cm³/mol. The number of hydrogen-bond acceptors (Lipinski definition) is 6. The number of ether oxygens (including phenoxy) is 2. The molecule has 4 aromatic rings. The molecule has 0 aliphatic heterocycles. The Morgan fingerprint density at radius 1 is 1.08 bits per heavy atom. The van der Waals surface area contributed by atoms with Crippen LogP contribution >= 0.6 is 0 Å². The molecular weight excluding hydrogens is 466 g/mol. The third-order valence-electron chi connectivity index (χ3n) is 6.22. The van der Waals surface area contributed by atoms with E-state index in [4.69, 9.17) is 9.72 Å². The highest BCUT2D eigenvalue weighted by Gasteiger charge is 2.26. The summed E-state index contributed by atoms with van der Waals surface area (Å²) in [5, 5.41) is 13.1. The zero-order chi connectivity index (χ0) is 25.8. The topological polar surface area (TPSA) is 79.0 Å². The van der Waals surface area contributed by atoms with Gasteiger partial charge in [-0.1, -0.05) is 32.9 Å². The smallest absolute Gasteiger partial charge is 0.387 e. The van der Waals surface area contributed by atoms with Crippen LogP contribution in [0.2, 0.25) is 0 Å². The van der Waals surface area contributed by atoms with Crippen molar-refractivity contribution in [2.45, 2.75) is 52.7 Å². The number of benzene rings is 1. The number of pyridine rings is 1. The van der Waals surface area contributed by atoms with E-state index in [0.29, 0.717) is 34.5 Å². The van der Waals surface area contributed by atoms with Gasteiger partial charge in [-0.2, -0.15) is 19.0 Å². The fraction of sp³-hybridized carbons (Fsp3) is 0.423. The second-order valence-electron chi connectivity index (χ2n) is 8.65. The molecule has 8 nitrogen and oxygen atoms in total. The molecular formula is C26H32F2N6O2. The van der Waals surface area contributed by atoms with E-state index in [1.807, 2.05) is 33.0 Å². The number of nitrogens with zero attached hydrogens (tertiary/aromatic N) is 5. The van der Waals surface area contributed by atoms with Crippen molar-refractivity contribution in [2.24, 2.45) is 20.0 Å². The Morgan fingerprint density at radius 3 is 2.61 bits per heavy atom. The van der Waals surface area contributed by atoms with Crippen LogP contribution in [-0.2, 0) is 14.1 Å². The van der Waals surface area contributed by atoms with Gasteiger partial charge in [0.2, 0.25) is 0 Å². The van der Waals surface area contributed by atoms with Crippen LogP contribution in [0.4, 0.5) is 20.4 Å². The van der Waals surface area contributed by atoms with Gasteiger partial charge >= 0.3 is 6.61 Å². The zero-order valence-corrected chi connectivity index (χ0v) is 21.2. The number of alkyl halides is 2. The maximum atomic E-state index is 12.6. The van der Waals surface area contributed by atoms with Gasteiger partial charge in [0, 0.05) is 31.8 Å². The largest absolute Gasteiger partial charge is 0.489 e. The van der Waals surface area contributed by atoms with Crippen molar-refractivity contribution in [1.82, 2.24) is 24.5 Å². The van der Waals surface area contributed by atoms with Gasteiger partial charge in [-0.05, 0) is 37.3 Å². The zero-order valence-electron chi connectivity index (χ0n) is 21.2. The van der Waals surface area contributed by atoms with Crippen LogP contribution in [0.3, 0.4) is 0 Å². The van der Waals surface area contributed by atoms with E-state index in [9.17, 15) is 8.78 Å². The molecule has 1 N–H and O–H groups in total. The molecule has 5 rings (SSSR count). The van der Waals surface area contributed by atoms with Crippen molar-refractivity contribution in [3.05, 3.63) is 42.6 Å². The van der Waals surface area contributed by atoms with Crippen molar-refractivity contribution in [3.63, 3.8) is 0 Å². The molecule has 3 heterocycles. The van der Waals surface area contributed by atoms with Crippen LogP contribution in [0.1, 0.15) is 40.0 Å². The number of anilines is 2. The minimum atomic E-state index is -2.88. The number of hydrogen-bond donors (Lipinski definition) is 1. The molecule has 2 atom stereocenters. The van der Waals surface area contributed by atoms with Crippen LogP contribution < -0.4 is 14.8 Å². The lowest BCUT2D eigenvalue weighted by Crippen LogP contribution is -2.19. The van der Waals surface area contributed by atoms with Gasteiger partial charge in [0.25, 0.3) is 0 Å². The van der Waals surface area contributed by atoms with Crippen molar-refractivity contribution in [1.29, 1.82) is 0 Å². The fourth-order valence-corrected chi connectivity index (χ4v) is 4.39. The van der Waals surface area contributed by atoms with Gasteiger partial charge < -0.3 is 14.8 Å². The lowest BCUT2D eigenvalue weighted by Gasteiger charge is -2.19. The first kappa shape index (κ1) is 25.4. The molecule has 36 heavy (non-hydrogen) atoms. The minimum Gasteiger partial charge on any atom is -0.489 e. The average Bonchev–Trinajstić information content (AvgIpc) is 3.55. The van der Waals surface area contributed by atoms with E-state index in [-0.39, 0.29) is 11.9 Å². The summed E-state index contributed by atoms with van der Waals surface area (Å²) in [7, 11) is 3.64. The van der Waals surface area contributed by atoms with Crippen LogP contribution in [-0.4, -0.2) is 37.3 Å². The van der Waals surface area contributed by atoms with Gasteiger partial charge in [0.05, 0.1) is 17.3 Å². The van der Waals surface area contributed by atoms with E-state index in [2.05, 4.69) is 27.2 Å². The summed E-state index contributed by atoms with van der Waals surface area (Å²) in [5.41, 5.74) is 1.99. The Balaban J connectivity index is 0.00000148. The molecule has 1 aliphatic carbocycles. The van der Waals surface area contributed by atoms with Crippen LogP contribution in [0, 0.1) is 5.92 Å². The van der Waals surface area contributed by atoms with E-state index < -0.39 is 6.61 Å². The molecule has 0 bridgehead atoms. The number of aryl methyl sites for hydroxylation is 2. The number of fused-ring (bicyclic) bond motifs is 1. The Kier molecular flexibility index (Phi) is 7.71. The fourth-order valence-electron chi connectivity index (χ4n) is 4.39. The lowest BCUT2D eigenvalue weighted by molar-refractivity contribution is -0.0498. The summed E-state index contributed by atoms with van der Waals surface area (Å²) in [6, 6.07) is 10.2. The average molecular weight is 499 g/mol. The monoisotopic (exact) mass is 498 g/mol. The predicted octanol–water partition coefficient (Wildman–Crippen LogP) is 6.31. The first-order chi connectivity index (χ1) is 17.4. The summed E-state index contributed by atoms with van der Waals surface area (Å²) in [6.07, 6.45) is 5.31. The molecule has 0 amide bonds. The molecule has 0 radical (unpaired) electrons. The van der Waals surface area contributed by atoms with E-state index >= 15 is 0 Å². The maximum Gasteiger partial charge on any atom is 0.387 e. The first-order valence-electron chi connectivity index (χ1n) is 12.2. The minimum absolute atomic E-state index is 0.0823. The molecule has 192 valence electrons. The Labute approximate surface area is 209 Å². The van der Waals surface area contributed by atoms with Crippen LogP contribution in [0.25, 0.3) is 22.3 Å². The van der Waals surface area contributed by atoms with Crippen molar-refractivity contribution in [2.75, 3.05) is 5.32 Å². The SMILES string of the molecule is CC.CC1CCCC1Oc1cc(Nc2cc(-c3cccc(OC(F)F)c3)nn2C)nc2c1cnn2C. The maximum absolute atomic E-state index is 12.6. The highest BCUT2D eigenvalue weighted by atomic mass is 19.3. The van der Waals surface area contributed by atoms with E-state index in [1.165, 1.54) is 25.0 Å². The molecule has 1 saturated carbocycles. The normalized spacial score (nSPS) is 17.2. The Bertz CT molecular complexity index is 1320. The van der Waals surface area contributed by atoms with Crippen LogP contribution in [0.15, 0.2) is 42.6 Å². The highest BCUT2D eigenvalue weighted by molar-refractivity contribution is 5.84. The highest BCUT2D eigenvalue weighted by Crippen LogP contribution is 2.35. The molecule has 0 saturated heterocycles. The van der Waals surface area contributed by atoms with Gasteiger partial charge in [-0.25, -0.2) is 4.98 Å². The summed E-state index contributed by atoms with van der Waals surface area (Å²) in [5.74, 6) is 2.61. The van der Waals surface area contributed by atoms with Crippen LogP contribution in [0.5, 0.6) is 11.5 Å². The molecule has 1 aliphatic rings. The standard InChI is InChI=1S/C24H26F2N6O2.C2H6/c1-14-6-4-9-19(14)34-20-12-21(29-23-17(20)13-27-32(23)3)28-22-11-18(30-31(22)2)15-7-5-8-16(10-15)33-24(25)26;1-2/h5,7-8,10-14,19,24H,4,6,9H2,1-3H3,(H,28,29);1-2H3. The summed E-state index contributed by atoms with van der Waals surface area (Å²) in [4.78, 5) is 4.72. The Hall–Kier alpha value is -3.69. The van der Waals surface area contributed by atoms with E-state index in [1.54, 1.807) is 34.7 Å². The van der Waals surface area contributed by atoms with Crippen molar-refractivity contribution >= 4 is 22.7 Å². The Morgan fingerprint density at radius 2 is 1.89 bits per heavy atom. The quantitative estimate of drug-likeness (QED) is 0.322. The number of aromatic nitrogens is 5. The van der Waals surface area contributed by atoms with Gasteiger partial charge in [-0.15, -0.1) is 0 Å². The molecule has 1 aromatic carbocycles. The molecule has 10 heteroatoms. The number of halogens is 2. The lowest BCUT2D eigenvalue weighted by atomic mass is 10.1. The van der Waals surface area contributed by atoms with Gasteiger partial charge in [-0.3, -0.25) is 9.36 Å². The van der Waals surface area contributed by atoms with Gasteiger partial charge in [0.1, 0.15) is 29.2 Å². The summed E-state index contributed by atoms with van der Waals surface area (Å²) < 4.78 is 39.5. The second-order valence-corrected chi connectivity index (χ2v) is 8.65. The molecule has 1 fully saturated rings. The second kappa shape index (κ2) is 10.9. The molecule has 2 unspecified atom stereocenters. The molecule has 0 spiro atoms.